The summed E-state index contributed by atoms with van der Waals surface area (Å²) in [5, 5.41) is 0. The van der Waals surface area contributed by atoms with Crippen molar-refractivity contribution in [1.29, 1.82) is 0 Å². The topological polar surface area (TPSA) is 26.3 Å². The molecular formula is C9H12O2. The first-order valence-corrected chi connectivity index (χ1v) is 3.66. The van der Waals surface area contributed by atoms with Crippen molar-refractivity contribution in [1.82, 2.24) is 0 Å². The van der Waals surface area contributed by atoms with Gasteiger partial charge in [-0.25, -0.2) is 0 Å². The molecule has 1 rings (SSSR count). The fourth-order valence-corrected chi connectivity index (χ4v) is 1.33. The van der Waals surface area contributed by atoms with E-state index >= 15 is 0 Å². The third kappa shape index (κ3) is 1.50. The van der Waals surface area contributed by atoms with Gasteiger partial charge in [0.15, 0.2) is 0 Å². The summed E-state index contributed by atoms with van der Waals surface area (Å²) in [6.45, 7) is 7.22. The molecule has 0 amide bonds. The maximum atomic E-state index is 10.6. The molecule has 0 aromatic rings. The minimum Gasteiger partial charge on any atom is -0.458 e. The molecule has 11 heavy (non-hydrogen) atoms. The lowest BCUT2D eigenvalue weighted by Crippen LogP contribution is -2.46. The fraction of sp³-hybridized carbons (Fsp3) is 0.444. The molecule has 0 bridgehead atoms. The maximum absolute atomic E-state index is 10.6. The molecule has 0 saturated carbocycles. The first-order chi connectivity index (χ1) is 5.22. The molecule has 0 aromatic heterocycles. The monoisotopic (exact) mass is 152 g/mol. The molecule has 1 heterocycles. The van der Waals surface area contributed by atoms with Crippen LogP contribution in [0.2, 0.25) is 0 Å². The zero-order chi connectivity index (χ0) is 8.32. The van der Waals surface area contributed by atoms with Gasteiger partial charge in [0.05, 0.1) is 6.42 Å². The summed E-state index contributed by atoms with van der Waals surface area (Å²) >= 11 is 0. The number of cyclic esters (lactones) is 1. The van der Waals surface area contributed by atoms with Crippen LogP contribution >= 0.6 is 0 Å². The lowest BCUT2D eigenvalue weighted by atomic mass is 9.87. The van der Waals surface area contributed by atoms with Crippen molar-refractivity contribution in [2.75, 3.05) is 0 Å². The summed E-state index contributed by atoms with van der Waals surface area (Å²) in [5.41, 5.74) is -0.291. The Balaban J connectivity index is 2.51. The molecule has 0 aromatic carbocycles. The van der Waals surface area contributed by atoms with E-state index < -0.39 is 0 Å². The molecule has 1 saturated heterocycles. The number of hydrogen-bond acceptors (Lipinski definition) is 2. The van der Waals surface area contributed by atoms with Gasteiger partial charge < -0.3 is 4.74 Å². The summed E-state index contributed by atoms with van der Waals surface area (Å²) in [6, 6.07) is 0. The van der Waals surface area contributed by atoms with E-state index in [1.165, 1.54) is 0 Å². The van der Waals surface area contributed by atoms with E-state index in [0.717, 1.165) is 12.8 Å². The molecule has 60 valence electrons. The van der Waals surface area contributed by atoms with Crippen LogP contribution in [0.25, 0.3) is 0 Å². The van der Waals surface area contributed by atoms with Crippen molar-refractivity contribution in [2.45, 2.75) is 24.9 Å². The van der Waals surface area contributed by atoms with E-state index in [-0.39, 0.29) is 11.6 Å². The van der Waals surface area contributed by atoms with Crippen molar-refractivity contribution in [3.05, 3.63) is 25.3 Å². The minimum atomic E-state index is -0.291. The summed E-state index contributed by atoms with van der Waals surface area (Å²) in [4.78, 5) is 10.6. The van der Waals surface area contributed by atoms with E-state index in [9.17, 15) is 4.79 Å². The summed E-state index contributed by atoms with van der Waals surface area (Å²) in [6.07, 6.45) is 5.51. The van der Waals surface area contributed by atoms with Crippen LogP contribution in [0.15, 0.2) is 25.3 Å². The zero-order valence-electron chi connectivity index (χ0n) is 6.51. The highest BCUT2D eigenvalue weighted by molar-refractivity contribution is 5.77. The van der Waals surface area contributed by atoms with Crippen LogP contribution in [0.4, 0.5) is 0 Å². The molecule has 2 nitrogen and oxygen atoms in total. The van der Waals surface area contributed by atoms with Gasteiger partial charge in [-0.05, 0) is 0 Å². The Morgan fingerprint density at radius 2 is 1.91 bits per heavy atom. The molecule has 0 N–H and O–H groups in total. The van der Waals surface area contributed by atoms with Gasteiger partial charge in [-0.2, -0.15) is 0 Å². The van der Waals surface area contributed by atoms with Gasteiger partial charge in [0.25, 0.3) is 0 Å². The first-order valence-electron chi connectivity index (χ1n) is 3.66. The van der Waals surface area contributed by atoms with Crippen LogP contribution in [0.5, 0.6) is 0 Å². The Kier molecular flexibility index (Phi) is 2.13. The van der Waals surface area contributed by atoms with E-state index in [2.05, 4.69) is 13.2 Å². The van der Waals surface area contributed by atoms with Crippen molar-refractivity contribution < 1.29 is 9.53 Å². The van der Waals surface area contributed by atoms with Crippen LogP contribution in [0, 0.1) is 0 Å². The zero-order valence-corrected chi connectivity index (χ0v) is 6.51. The predicted octanol–water partition coefficient (Wildman–Crippen LogP) is 1.82. The van der Waals surface area contributed by atoms with Gasteiger partial charge in [-0.1, -0.05) is 12.2 Å². The minimum absolute atomic E-state index is 0.117. The lowest BCUT2D eigenvalue weighted by molar-refractivity contribution is -0.190. The summed E-state index contributed by atoms with van der Waals surface area (Å²) in [7, 11) is 0. The van der Waals surface area contributed by atoms with E-state index in [1.54, 1.807) is 12.2 Å². The van der Waals surface area contributed by atoms with Crippen molar-refractivity contribution in [3.63, 3.8) is 0 Å². The fourth-order valence-electron chi connectivity index (χ4n) is 1.33. The van der Waals surface area contributed by atoms with Gasteiger partial charge in [-0.3, -0.25) is 4.79 Å². The highest BCUT2D eigenvalue weighted by Gasteiger charge is 2.43. The van der Waals surface area contributed by atoms with Crippen molar-refractivity contribution >= 4 is 5.97 Å². The predicted molar refractivity (Wildman–Crippen MR) is 43.1 cm³/mol. The SMILES string of the molecule is C=CCC1(CC=C)CC(=O)O1. The Bertz CT molecular complexity index is 166. The molecule has 1 aliphatic heterocycles. The normalized spacial score (nSPS) is 19.8. The molecular weight excluding hydrogens is 140 g/mol. The molecule has 0 radical (unpaired) electrons. The largest absolute Gasteiger partial charge is 0.458 e. The average molecular weight is 152 g/mol. The molecule has 0 spiro atoms. The van der Waals surface area contributed by atoms with Crippen LogP contribution in [0.1, 0.15) is 19.3 Å². The van der Waals surface area contributed by atoms with Gasteiger partial charge in [0.2, 0.25) is 0 Å². The van der Waals surface area contributed by atoms with Crippen LogP contribution in [0.3, 0.4) is 0 Å². The number of esters is 1. The van der Waals surface area contributed by atoms with Crippen LogP contribution in [-0.4, -0.2) is 11.6 Å². The van der Waals surface area contributed by atoms with Gasteiger partial charge in [-0.15, -0.1) is 13.2 Å². The van der Waals surface area contributed by atoms with Crippen molar-refractivity contribution in [3.8, 4) is 0 Å². The first kappa shape index (κ1) is 8.05. The molecule has 0 unspecified atom stereocenters. The Labute approximate surface area is 66.5 Å². The second-order valence-electron chi connectivity index (χ2n) is 2.82. The maximum Gasteiger partial charge on any atom is 0.310 e. The van der Waals surface area contributed by atoms with Gasteiger partial charge in [0.1, 0.15) is 5.60 Å². The van der Waals surface area contributed by atoms with Crippen LogP contribution in [-0.2, 0) is 9.53 Å². The van der Waals surface area contributed by atoms with Crippen LogP contribution < -0.4 is 0 Å². The average Bonchev–Trinajstić information content (AvgIpc) is 1.86. The van der Waals surface area contributed by atoms with Gasteiger partial charge >= 0.3 is 5.97 Å². The molecule has 0 atom stereocenters. The van der Waals surface area contributed by atoms with E-state index in [4.69, 9.17) is 4.74 Å². The summed E-state index contributed by atoms with van der Waals surface area (Å²) < 4.78 is 5.03. The number of rotatable bonds is 4. The second kappa shape index (κ2) is 2.91. The highest BCUT2D eigenvalue weighted by atomic mass is 16.6. The Morgan fingerprint density at radius 1 is 1.45 bits per heavy atom. The molecule has 0 aliphatic carbocycles. The lowest BCUT2D eigenvalue weighted by Gasteiger charge is -2.39. The highest BCUT2D eigenvalue weighted by Crippen LogP contribution is 2.35. The number of carbonyl (C=O) groups excluding carboxylic acids is 1. The van der Waals surface area contributed by atoms with Crippen molar-refractivity contribution in [2.24, 2.45) is 0 Å². The quantitative estimate of drug-likeness (QED) is 0.453. The molecule has 2 heteroatoms. The van der Waals surface area contributed by atoms with E-state index in [1.807, 2.05) is 0 Å². The number of ether oxygens (including phenoxy) is 1. The Morgan fingerprint density at radius 3 is 2.18 bits per heavy atom. The second-order valence-corrected chi connectivity index (χ2v) is 2.82. The third-order valence-electron chi connectivity index (χ3n) is 1.83. The smallest absolute Gasteiger partial charge is 0.310 e. The molecule has 1 fully saturated rings. The molecule has 1 aliphatic rings. The summed E-state index contributed by atoms with van der Waals surface area (Å²) in [5.74, 6) is -0.117. The number of carbonyl (C=O) groups is 1. The van der Waals surface area contributed by atoms with E-state index in [0.29, 0.717) is 6.42 Å². The third-order valence-corrected chi connectivity index (χ3v) is 1.83. The standard InChI is InChI=1S/C9H12O2/c1-3-5-9(6-4-2)7-8(10)11-9/h3-4H,1-2,5-7H2. The Hall–Kier alpha value is -1.05. The van der Waals surface area contributed by atoms with Gasteiger partial charge in [0, 0.05) is 12.8 Å². The number of hydrogen-bond donors (Lipinski definition) is 0.